The smallest absolute Gasteiger partial charge is 0.393 e. The van der Waals surface area contributed by atoms with Crippen LogP contribution in [0.5, 0.6) is 5.75 Å². The van der Waals surface area contributed by atoms with E-state index in [2.05, 4.69) is 32.7 Å². The molecule has 52 heavy (non-hydrogen) atoms. The third-order valence-corrected chi connectivity index (χ3v) is 9.49. The zero-order valence-corrected chi connectivity index (χ0v) is 29.8. The van der Waals surface area contributed by atoms with Crippen LogP contribution in [-0.2, 0) is 20.7 Å². The first kappa shape index (κ1) is 40.2. The molecule has 4 rings (SSSR count). The maximum absolute atomic E-state index is 13.8. The van der Waals surface area contributed by atoms with Gasteiger partial charge >= 0.3 is 12.1 Å². The van der Waals surface area contributed by atoms with Crippen molar-refractivity contribution in [2.45, 2.75) is 63.4 Å². The molecule has 12 nitrogen and oxygen atoms in total. The van der Waals surface area contributed by atoms with E-state index in [9.17, 15) is 37.8 Å². The Hall–Kier alpha value is -4.56. The molecule has 0 radical (unpaired) electrons. The Kier molecular flexibility index (Phi) is 14.5. The summed E-state index contributed by atoms with van der Waals surface area (Å²) in [5, 5.41) is 28.6. The topological polar surface area (TPSA) is 175 Å². The molecular formula is C36H44F3N5O7S. The number of rotatable bonds is 16. The summed E-state index contributed by atoms with van der Waals surface area (Å²) in [6, 6.07) is 8.68. The van der Waals surface area contributed by atoms with Crippen LogP contribution in [0.3, 0.4) is 0 Å². The molecule has 1 aliphatic rings. The van der Waals surface area contributed by atoms with Gasteiger partial charge in [-0.05, 0) is 61.4 Å². The van der Waals surface area contributed by atoms with Crippen LogP contribution < -0.4 is 26.4 Å². The molecule has 1 saturated heterocycles. The predicted molar refractivity (Wildman–Crippen MR) is 192 cm³/mol. The Morgan fingerprint density at radius 3 is 2.56 bits per heavy atom. The minimum atomic E-state index is -4.45. The van der Waals surface area contributed by atoms with Crippen molar-refractivity contribution in [1.82, 2.24) is 10.2 Å². The van der Waals surface area contributed by atoms with Crippen molar-refractivity contribution in [2.24, 2.45) is 5.73 Å². The Morgan fingerprint density at radius 2 is 1.90 bits per heavy atom. The maximum Gasteiger partial charge on any atom is 0.393 e. The van der Waals surface area contributed by atoms with Crippen LogP contribution in [-0.4, -0.2) is 104 Å². The number of β-amino-alcohol motifs (C(OH)–C–C–N with tert-alkyl or cyclic N) is 1. The number of anilines is 2. The lowest BCUT2D eigenvalue weighted by Crippen LogP contribution is -2.42. The fourth-order valence-electron chi connectivity index (χ4n) is 5.88. The van der Waals surface area contributed by atoms with Crippen LogP contribution in [0, 0.1) is 11.8 Å². The van der Waals surface area contributed by atoms with E-state index in [0.717, 1.165) is 38.7 Å². The molecule has 7 N–H and O–H groups in total. The lowest BCUT2D eigenvalue weighted by atomic mass is 10.0. The van der Waals surface area contributed by atoms with Crippen LogP contribution in [0.2, 0.25) is 0 Å². The molecule has 282 valence electrons. The van der Waals surface area contributed by atoms with Crippen molar-refractivity contribution >= 4 is 50.6 Å². The number of methoxy groups -OCH3 is 1. The number of aliphatic hydroxyl groups excluding tert-OH is 2. The number of fused-ring (bicyclic) bond motifs is 1. The van der Waals surface area contributed by atoms with Crippen LogP contribution in [0.25, 0.3) is 10.1 Å². The molecular weight excluding hydrogens is 703 g/mol. The van der Waals surface area contributed by atoms with Crippen LogP contribution in [0.4, 0.5) is 24.5 Å². The number of nitrogens with two attached hydrogens (primary N) is 1. The summed E-state index contributed by atoms with van der Waals surface area (Å²) in [7, 11) is 1.15. The van der Waals surface area contributed by atoms with E-state index in [1.165, 1.54) is 29.5 Å². The average Bonchev–Trinajstić information content (AvgIpc) is 3.44. The van der Waals surface area contributed by atoms with Crippen molar-refractivity contribution in [1.29, 1.82) is 0 Å². The van der Waals surface area contributed by atoms with E-state index < -0.39 is 42.5 Å². The summed E-state index contributed by atoms with van der Waals surface area (Å²) >= 11 is 1.20. The number of thiophene rings is 1. The molecule has 2 heterocycles. The summed E-state index contributed by atoms with van der Waals surface area (Å²) in [6.07, 6.45) is -4.54. The van der Waals surface area contributed by atoms with E-state index in [0.29, 0.717) is 27.2 Å². The zero-order valence-electron chi connectivity index (χ0n) is 29.0. The van der Waals surface area contributed by atoms with E-state index in [4.69, 9.17) is 15.2 Å². The van der Waals surface area contributed by atoms with Crippen molar-refractivity contribution in [2.75, 3.05) is 57.1 Å². The van der Waals surface area contributed by atoms with Gasteiger partial charge in [-0.25, -0.2) is 4.79 Å². The molecule has 0 bridgehead atoms. The highest BCUT2D eigenvalue weighted by molar-refractivity contribution is 7.20. The standard InChI is InChI=1S/C36H44F3N5O7S/c1-22(46)21-44-15-12-24(13-16-44)42-28-6-3-5-25-26(20-36(37,38)39)31(52-33(25)28)7-4-14-41-27-9-8-23(19-30(27)51-18-17-45)34(48)43-29(35(49)50-2)10-11-32(40)47/h3,5-6,8-9,19,22,24,29,41-42,45-46H,10-18,20-21H2,1-2H3,(H2,40,47)(H,43,48). The molecule has 16 heteroatoms. The van der Waals surface area contributed by atoms with E-state index in [1.54, 1.807) is 19.1 Å². The monoisotopic (exact) mass is 747 g/mol. The van der Waals surface area contributed by atoms with Gasteiger partial charge in [0.15, 0.2) is 0 Å². The first-order chi connectivity index (χ1) is 24.8. The van der Waals surface area contributed by atoms with Crippen LogP contribution in [0.1, 0.15) is 53.4 Å². The molecule has 1 aliphatic heterocycles. The van der Waals surface area contributed by atoms with E-state index >= 15 is 0 Å². The second-order valence-corrected chi connectivity index (χ2v) is 13.5. The third kappa shape index (κ3) is 11.7. The molecule has 3 aromatic rings. The Morgan fingerprint density at radius 1 is 1.15 bits per heavy atom. The van der Waals surface area contributed by atoms with E-state index in [1.807, 2.05) is 6.07 Å². The second kappa shape index (κ2) is 18.8. The average molecular weight is 748 g/mol. The van der Waals surface area contributed by atoms with Gasteiger partial charge in [0.1, 0.15) is 18.4 Å². The summed E-state index contributed by atoms with van der Waals surface area (Å²) < 4.78 is 52.4. The number of nitrogens with zero attached hydrogens (tertiary/aromatic N) is 1. The molecule has 0 aliphatic carbocycles. The van der Waals surface area contributed by atoms with Gasteiger partial charge in [0.2, 0.25) is 5.91 Å². The van der Waals surface area contributed by atoms with Crippen molar-refractivity contribution in [3.63, 3.8) is 0 Å². The van der Waals surface area contributed by atoms with Gasteiger partial charge < -0.3 is 46.3 Å². The number of likely N-dealkylation sites (tertiary alicyclic amines) is 1. The Labute approximate surface area is 303 Å². The summed E-state index contributed by atoms with van der Waals surface area (Å²) in [5.41, 5.74) is 6.55. The molecule has 2 unspecified atom stereocenters. The van der Waals surface area contributed by atoms with Gasteiger partial charge in [-0.2, -0.15) is 13.2 Å². The molecule has 2 atom stereocenters. The highest BCUT2D eigenvalue weighted by atomic mass is 32.1. The van der Waals surface area contributed by atoms with Gasteiger partial charge in [0, 0.05) is 37.7 Å². The number of hydrogen-bond acceptors (Lipinski definition) is 11. The lowest BCUT2D eigenvalue weighted by molar-refractivity contribution is -0.143. The molecule has 1 fully saturated rings. The van der Waals surface area contributed by atoms with Crippen molar-refractivity contribution in [3.05, 3.63) is 52.4 Å². The fraction of sp³-hybridized carbons (Fsp3) is 0.472. The van der Waals surface area contributed by atoms with Crippen molar-refractivity contribution < 1.29 is 47.2 Å². The van der Waals surface area contributed by atoms with E-state index in [-0.39, 0.29) is 55.5 Å². The number of carbonyl (C=O) groups is 3. The van der Waals surface area contributed by atoms with Gasteiger partial charge in [-0.3, -0.25) is 9.59 Å². The summed E-state index contributed by atoms with van der Waals surface area (Å²) in [6.45, 7) is 3.56. The number of amides is 2. The number of benzene rings is 2. The summed E-state index contributed by atoms with van der Waals surface area (Å²) in [4.78, 5) is 38.8. The number of nitrogens with one attached hydrogen (secondary N) is 3. The van der Waals surface area contributed by atoms with Gasteiger partial charge in [0.25, 0.3) is 5.91 Å². The number of halogens is 3. The number of ether oxygens (including phenoxy) is 2. The van der Waals surface area contributed by atoms with Gasteiger partial charge in [-0.15, -0.1) is 11.3 Å². The number of primary amides is 1. The van der Waals surface area contributed by atoms with Crippen LogP contribution >= 0.6 is 11.3 Å². The number of hydrogen-bond donors (Lipinski definition) is 6. The fourth-order valence-corrected chi connectivity index (χ4v) is 7.05. The lowest BCUT2D eigenvalue weighted by Gasteiger charge is -2.33. The molecule has 2 aromatic carbocycles. The first-order valence-electron chi connectivity index (χ1n) is 16.8. The minimum absolute atomic E-state index is 0.00833. The number of aliphatic hydroxyl groups is 2. The third-order valence-electron chi connectivity index (χ3n) is 8.30. The highest BCUT2D eigenvalue weighted by Crippen LogP contribution is 2.39. The Balaban J connectivity index is 1.52. The van der Waals surface area contributed by atoms with Crippen molar-refractivity contribution in [3.8, 4) is 17.6 Å². The number of alkyl halides is 3. The SMILES string of the molecule is COC(=O)C(CCC(N)=O)NC(=O)c1ccc(NCC#Cc2sc3c(NC4CCN(CC(C)O)CC4)cccc3c2CC(F)(F)F)c(OCCO)c1. The largest absolute Gasteiger partial charge is 0.489 e. The highest BCUT2D eigenvalue weighted by Gasteiger charge is 2.31. The molecule has 0 saturated carbocycles. The Bertz CT molecular complexity index is 1760. The summed E-state index contributed by atoms with van der Waals surface area (Å²) in [5.74, 6) is 3.96. The molecule has 0 spiro atoms. The predicted octanol–water partition coefficient (Wildman–Crippen LogP) is 3.63. The number of carbonyl (C=O) groups excluding carboxylic acids is 3. The zero-order chi connectivity index (χ0) is 37.8. The number of piperidine rings is 1. The first-order valence-corrected chi connectivity index (χ1v) is 17.6. The molecule has 1 aromatic heterocycles. The molecule has 2 amide bonds. The van der Waals surface area contributed by atoms with Gasteiger partial charge in [0.05, 0.1) is 53.7 Å². The van der Waals surface area contributed by atoms with Crippen LogP contribution in [0.15, 0.2) is 36.4 Å². The normalized spacial score (nSPS) is 14.9. The minimum Gasteiger partial charge on any atom is -0.489 e. The second-order valence-electron chi connectivity index (χ2n) is 12.4. The maximum atomic E-state index is 13.8. The quantitative estimate of drug-likeness (QED) is 0.0938. The number of esters is 1. The van der Waals surface area contributed by atoms with Gasteiger partial charge in [-0.1, -0.05) is 24.0 Å².